The number of hydrogen-bond acceptors (Lipinski definition) is 4. The number of rotatable bonds is 1. The molecule has 2 aliphatic rings. The molecule has 1 heterocycles. The summed E-state index contributed by atoms with van der Waals surface area (Å²) < 4.78 is 61.5. The maximum atomic E-state index is 10.7. The molecule has 26 heavy (non-hydrogen) atoms. The van der Waals surface area contributed by atoms with Gasteiger partial charge < -0.3 is 9.87 Å². The van der Waals surface area contributed by atoms with E-state index < -0.39 is 15.6 Å². The molecule has 1 aliphatic carbocycles. The lowest BCUT2D eigenvalue weighted by molar-refractivity contribution is -0.596. The molecule has 1 fully saturated rings. The largest absolute Gasteiger partial charge is 0.741 e. The number of alkyl halides is 3. The Labute approximate surface area is 151 Å². The Morgan fingerprint density at radius 2 is 1.69 bits per heavy atom. The van der Waals surface area contributed by atoms with E-state index in [1.807, 2.05) is 0 Å². The topological polar surface area (TPSA) is 72.2 Å². The third-order valence-corrected chi connectivity index (χ3v) is 5.30. The summed E-state index contributed by atoms with van der Waals surface area (Å²) in [5, 5.41) is 3.64. The molecule has 0 radical (unpaired) electrons. The molecular weight excluding hydrogens is 369 g/mol. The van der Waals surface area contributed by atoms with Gasteiger partial charge in [-0.05, 0) is 25.0 Å². The van der Waals surface area contributed by atoms with E-state index in [9.17, 15) is 13.2 Å². The van der Waals surface area contributed by atoms with Crippen molar-refractivity contribution in [2.45, 2.75) is 63.7 Å². The molecule has 146 valence electrons. The van der Waals surface area contributed by atoms with Gasteiger partial charge in [-0.25, -0.2) is 13.0 Å². The maximum Gasteiger partial charge on any atom is 0.485 e. The highest BCUT2D eigenvalue weighted by Crippen LogP contribution is 2.27. The second kappa shape index (κ2) is 7.96. The van der Waals surface area contributed by atoms with Crippen LogP contribution in [0.5, 0.6) is 0 Å². The van der Waals surface area contributed by atoms with Crippen LogP contribution in [0.1, 0.15) is 51.5 Å². The standard InChI is InChI=1S/C16H22N2.CHF3O3S/c1-12-15-10-6-7-11-16(15)17-13(2)18(12)14-8-4-3-5-9-14;2-1(3,4)8(5,6)7/h6-7,10-11,13-14H,3-5,8-9H2,1-2H3;(H,5,6,7). The van der Waals surface area contributed by atoms with Crippen molar-refractivity contribution in [1.82, 2.24) is 0 Å². The number of benzene rings is 1. The van der Waals surface area contributed by atoms with Gasteiger partial charge in [0.25, 0.3) is 0 Å². The molecule has 1 N–H and O–H groups in total. The third-order valence-electron chi connectivity index (χ3n) is 4.74. The number of hydrogen-bond donors (Lipinski definition) is 1. The summed E-state index contributed by atoms with van der Waals surface area (Å²) in [5.41, 5.74) is -1.54. The van der Waals surface area contributed by atoms with E-state index >= 15 is 0 Å². The van der Waals surface area contributed by atoms with Gasteiger partial charge in [0, 0.05) is 26.7 Å². The minimum Gasteiger partial charge on any atom is -0.741 e. The molecule has 9 heteroatoms. The van der Waals surface area contributed by atoms with Crippen molar-refractivity contribution >= 4 is 21.5 Å². The van der Waals surface area contributed by atoms with Gasteiger partial charge in [0.2, 0.25) is 6.17 Å². The zero-order valence-corrected chi connectivity index (χ0v) is 15.5. The number of nitrogens with one attached hydrogen (secondary N) is 1. The molecule has 1 unspecified atom stereocenters. The van der Waals surface area contributed by atoms with Crippen LogP contribution in [0.2, 0.25) is 0 Å². The fourth-order valence-corrected chi connectivity index (χ4v) is 3.60. The predicted molar refractivity (Wildman–Crippen MR) is 92.2 cm³/mol. The van der Waals surface area contributed by atoms with Gasteiger partial charge in [0.1, 0.15) is 0 Å². The van der Waals surface area contributed by atoms with Crippen LogP contribution in [0.25, 0.3) is 0 Å². The zero-order chi connectivity index (χ0) is 19.5. The van der Waals surface area contributed by atoms with Gasteiger partial charge in [-0.15, -0.1) is 0 Å². The van der Waals surface area contributed by atoms with E-state index in [2.05, 4.69) is 48.0 Å². The molecule has 0 aromatic heterocycles. The van der Waals surface area contributed by atoms with Gasteiger partial charge in [0.05, 0.1) is 11.3 Å². The van der Waals surface area contributed by atoms with Crippen LogP contribution < -0.4 is 5.32 Å². The number of halogens is 3. The fourth-order valence-electron chi connectivity index (χ4n) is 3.60. The monoisotopic (exact) mass is 392 g/mol. The van der Waals surface area contributed by atoms with Crippen LogP contribution in [-0.4, -0.2) is 41.0 Å². The van der Waals surface area contributed by atoms with Gasteiger partial charge in [-0.3, -0.25) is 0 Å². The van der Waals surface area contributed by atoms with Crippen LogP contribution >= 0.6 is 0 Å². The summed E-state index contributed by atoms with van der Waals surface area (Å²) in [7, 11) is -6.09. The first-order valence-corrected chi connectivity index (χ1v) is 9.93. The summed E-state index contributed by atoms with van der Waals surface area (Å²) in [6, 6.07) is 9.41. The molecule has 0 bridgehead atoms. The van der Waals surface area contributed by atoms with Gasteiger partial charge in [-0.2, -0.15) is 13.2 Å². The Kier molecular flexibility index (Phi) is 6.33. The van der Waals surface area contributed by atoms with Gasteiger partial charge in [0.15, 0.2) is 21.9 Å². The van der Waals surface area contributed by atoms with E-state index in [0.717, 1.165) is 6.04 Å². The van der Waals surface area contributed by atoms with Crippen molar-refractivity contribution in [1.29, 1.82) is 0 Å². The SMILES string of the molecule is CC1=[N+](C2CCCCC2)C(C)Nc2ccccc21.O=S(=O)([O-])C(F)(F)F. The number of fused-ring (bicyclic) bond motifs is 1. The van der Waals surface area contributed by atoms with Crippen molar-refractivity contribution in [3.63, 3.8) is 0 Å². The first kappa shape index (κ1) is 20.7. The first-order chi connectivity index (χ1) is 12.0. The van der Waals surface area contributed by atoms with Crippen molar-refractivity contribution < 1.29 is 30.7 Å². The zero-order valence-electron chi connectivity index (χ0n) is 14.7. The normalized spacial score (nSPS) is 21.4. The van der Waals surface area contributed by atoms with Crippen molar-refractivity contribution in [3.8, 4) is 0 Å². The molecule has 1 saturated carbocycles. The molecule has 1 atom stereocenters. The number of para-hydroxylation sites is 1. The van der Waals surface area contributed by atoms with E-state index in [-0.39, 0.29) is 0 Å². The lowest BCUT2D eigenvalue weighted by Gasteiger charge is -2.30. The van der Waals surface area contributed by atoms with Crippen LogP contribution in [0.15, 0.2) is 24.3 Å². The van der Waals surface area contributed by atoms with Gasteiger partial charge in [-0.1, -0.05) is 18.6 Å². The lowest BCUT2D eigenvalue weighted by atomic mass is 9.93. The smallest absolute Gasteiger partial charge is 0.485 e. The highest BCUT2D eigenvalue weighted by Gasteiger charge is 2.37. The van der Waals surface area contributed by atoms with E-state index in [1.54, 1.807) is 0 Å². The molecule has 0 amide bonds. The molecule has 1 aromatic rings. The summed E-state index contributed by atoms with van der Waals surface area (Å²) in [4.78, 5) is 0. The average molecular weight is 392 g/mol. The Hall–Kier alpha value is -1.61. The number of nitrogens with zero attached hydrogens (tertiary/aromatic N) is 1. The second-order valence-electron chi connectivity index (χ2n) is 6.55. The maximum absolute atomic E-state index is 10.7. The number of anilines is 1. The van der Waals surface area contributed by atoms with Crippen molar-refractivity contribution in [3.05, 3.63) is 29.8 Å². The Bertz CT molecular complexity index is 770. The Morgan fingerprint density at radius 3 is 2.23 bits per heavy atom. The second-order valence-corrected chi connectivity index (χ2v) is 7.92. The molecule has 0 spiro atoms. The van der Waals surface area contributed by atoms with Crippen LogP contribution in [0.3, 0.4) is 0 Å². The molecule has 1 aliphatic heterocycles. The molecule has 5 nitrogen and oxygen atoms in total. The minimum atomic E-state index is -6.09. The first-order valence-electron chi connectivity index (χ1n) is 8.52. The van der Waals surface area contributed by atoms with Crippen molar-refractivity contribution in [2.75, 3.05) is 5.32 Å². The predicted octanol–water partition coefficient (Wildman–Crippen LogP) is 3.66. The van der Waals surface area contributed by atoms with Crippen molar-refractivity contribution in [2.24, 2.45) is 0 Å². The highest BCUT2D eigenvalue weighted by atomic mass is 32.2. The Morgan fingerprint density at radius 1 is 1.15 bits per heavy atom. The molecular formula is C17H23F3N2O3S. The highest BCUT2D eigenvalue weighted by molar-refractivity contribution is 7.86. The van der Waals surface area contributed by atoms with E-state index in [1.165, 1.54) is 49.1 Å². The van der Waals surface area contributed by atoms with Crippen LogP contribution in [0, 0.1) is 0 Å². The Balaban J connectivity index is 0.000000260. The lowest BCUT2D eigenvalue weighted by Crippen LogP contribution is -2.45. The molecule has 0 saturated heterocycles. The quantitative estimate of drug-likeness (QED) is 0.450. The fraction of sp³-hybridized carbons (Fsp3) is 0.588. The summed E-state index contributed by atoms with van der Waals surface area (Å²) in [6.45, 7) is 4.57. The summed E-state index contributed by atoms with van der Waals surface area (Å²) in [6.07, 6.45) is 7.33. The van der Waals surface area contributed by atoms with E-state index in [4.69, 9.17) is 13.0 Å². The van der Waals surface area contributed by atoms with Crippen LogP contribution in [-0.2, 0) is 10.1 Å². The third kappa shape index (κ3) is 4.76. The molecule has 1 aromatic carbocycles. The van der Waals surface area contributed by atoms with Gasteiger partial charge >= 0.3 is 5.51 Å². The van der Waals surface area contributed by atoms with E-state index in [0.29, 0.717) is 6.17 Å². The summed E-state index contributed by atoms with van der Waals surface area (Å²) in [5.74, 6) is 0. The summed E-state index contributed by atoms with van der Waals surface area (Å²) >= 11 is 0. The average Bonchev–Trinajstić information content (AvgIpc) is 2.54. The minimum absolute atomic E-state index is 0.419. The van der Waals surface area contributed by atoms with Crippen LogP contribution in [0.4, 0.5) is 18.9 Å². The molecule has 3 rings (SSSR count).